The van der Waals surface area contributed by atoms with E-state index in [-0.39, 0.29) is 43.5 Å². The zero-order valence-electron chi connectivity index (χ0n) is 40.4. The Morgan fingerprint density at radius 1 is 0.829 bits per heavy atom. The van der Waals surface area contributed by atoms with Crippen LogP contribution in [0.4, 0.5) is 5.82 Å². The van der Waals surface area contributed by atoms with Gasteiger partial charge in [0.25, 0.3) is 7.82 Å². The summed E-state index contributed by atoms with van der Waals surface area (Å²) in [5.74, 6) is -7.31. The number of phosphoric acid groups is 1. The van der Waals surface area contributed by atoms with Crippen molar-refractivity contribution in [2.75, 3.05) is 37.9 Å². The van der Waals surface area contributed by atoms with Gasteiger partial charge in [0, 0.05) is 74.2 Å². The zero-order valence-corrected chi connectivity index (χ0v) is 42.2. The third-order valence-corrected chi connectivity index (χ3v) is 11.8. The van der Waals surface area contributed by atoms with Gasteiger partial charge in [0.1, 0.15) is 38.3 Å². The van der Waals surface area contributed by atoms with Crippen molar-refractivity contribution in [1.29, 1.82) is 0 Å². The number of anilines is 1. The quantitative estimate of drug-likeness (QED) is 0.0445. The van der Waals surface area contributed by atoms with E-state index in [9.17, 15) is 62.1 Å². The molecule has 2 saturated heterocycles. The minimum atomic E-state index is -5.27. The Morgan fingerprint density at radius 2 is 1.43 bits per heavy atom. The van der Waals surface area contributed by atoms with Gasteiger partial charge in [-0.2, -0.15) is 4.98 Å². The predicted molar refractivity (Wildman–Crippen MR) is 219 cm³/mol. The number of amides is 2. The summed E-state index contributed by atoms with van der Waals surface area (Å²) in [6.45, 7) is 6.04. The summed E-state index contributed by atoms with van der Waals surface area (Å²) in [5.41, 5.74) is -3.32. The molecule has 2 fully saturated rings. The van der Waals surface area contributed by atoms with Gasteiger partial charge in [0.05, 0.1) is 31.5 Å². The maximum Gasteiger partial charge on any atom is 1.00 e. The molecule has 2 aliphatic heterocycles. The third-order valence-electron chi connectivity index (χ3n) is 9.51. The van der Waals surface area contributed by atoms with Crippen LogP contribution in [0.1, 0.15) is 81.4 Å². The Bertz CT molecular complexity index is 2200. The van der Waals surface area contributed by atoms with Gasteiger partial charge in [-0.25, -0.2) is 4.79 Å². The predicted octanol–water partition coefficient (Wildman–Crippen LogP) is -7.16. The van der Waals surface area contributed by atoms with Crippen molar-refractivity contribution in [1.82, 2.24) is 14.9 Å². The first-order valence-electron chi connectivity index (χ1n) is 20.6. The zero-order chi connectivity index (χ0) is 51.3. The average molecular weight is 1030 g/mol. The van der Waals surface area contributed by atoms with Crippen LogP contribution in [0.15, 0.2) is 17.1 Å². The Balaban J connectivity index is 0.0000122. The molecular formula is C38H54Li2N4O24P2. The van der Waals surface area contributed by atoms with Crippen molar-refractivity contribution in [3.63, 3.8) is 0 Å². The van der Waals surface area contributed by atoms with Crippen LogP contribution in [0.3, 0.4) is 0 Å². The van der Waals surface area contributed by atoms with Gasteiger partial charge in [-0.15, -0.1) is 0 Å². The van der Waals surface area contributed by atoms with Crippen LogP contribution < -0.4 is 63.8 Å². The number of hydrogen-bond donors (Lipinski definition) is 2. The fourth-order valence-electron chi connectivity index (χ4n) is 7.16. The molecule has 32 heteroatoms. The molecule has 12 atom stereocenters. The number of nitrogens with one attached hydrogen (secondary N) is 2. The van der Waals surface area contributed by atoms with Crippen LogP contribution in [-0.4, -0.2) is 144 Å². The topological polar surface area (TPSA) is 377 Å². The van der Waals surface area contributed by atoms with Gasteiger partial charge in [-0.3, -0.25) is 47.5 Å². The molecule has 2 N–H and O–H groups in total. The van der Waals surface area contributed by atoms with E-state index in [4.69, 9.17) is 51.5 Å². The van der Waals surface area contributed by atoms with Crippen molar-refractivity contribution in [3.8, 4) is 0 Å². The first-order valence-corrected chi connectivity index (χ1v) is 23.8. The van der Waals surface area contributed by atoms with E-state index in [1.54, 1.807) is 0 Å². The number of ether oxygens (including phenoxy) is 8. The monoisotopic (exact) mass is 1030 g/mol. The average Bonchev–Trinajstić information content (AvgIpc) is 3.51. The number of esters is 6. The SMILES string of the molecule is CCOP(=O)([O-])OC[C@]1(CCP(=O)([O-])OC[C@H]2O[C@@H](n3ccc(NC(C)=O)nc3=O)[C@H](OC(C)=O)[C@@H]2OC(C)=O)C[C@H](OC(C)=O)[C@@H](NC(C)=O)[C@H]([C@H](OC(C)=O)[C@@H](COC(C)=O)OC(C)=O)O1.[Li+].[Li+]. The van der Waals surface area contributed by atoms with Crippen LogP contribution >= 0.6 is 15.4 Å². The van der Waals surface area contributed by atoms with Gasteiger partial charge in [0.2, 0.25) is 11.8 Å². The summed E-state index contributed by atoms with van der Waals surface area (Å²) in [6, 6.07) is -0.356. The van der Waals surface area contributed by atoms with Crippen molar-refractivity contribution >= 4 is 68.9 Å². The van der Waals surface area contributed by atoms with E-state index in [1.165, 1.54) is 13.0 Å². The summed E-state index contributed by atoms with van der Waals surface area (Å²) in [6.07, 6.45) is -15.0. The number of nitrogens with zero attached hydrogens (tertiary/aromatic N) is 2. The molecular weight excluding hydrogens is 972 g/mol. The van der Waals surface area contributed by atoms with Gasteiger partial charge >= 0.3 is 79.2 Å². The number of rotatable bonds is 23. The number of carbonyl (C=O) groups excluding carboxylic acids is 8. The van der Waals surface area contributed by atoms with Crippen LogP contribution in [0.5, 0.6) is 0 Å². The van der Waals surface area contributed by atoms with Gasteiger partial charge < -0.3 is 76.5 Å². The maximum absolute atomic E-state index is 13.9. The first kappa shape index (κ1) is 64.0. The molecule has 2 amide bonds. The number of hydrogen-bond acceptors (Lipinski definition) is 25. The molecule has 2 unspecified atom stereocenters. The molecule has 1 aromatic heterocycles. The fourth-order valence-corrected chi connectivity index (χ4v) is 9.13. The van der Waals surface area contributed by atoms with E-state index in [1.807, 2.05) is 0 Å². The molecule has 3 rings (SSSR count). The standard InChI is InChI=1S/C38H56N4O24P2.2Li/c1-10-57-68(54,55)59-18-38(15-27(60-22(5)46)31(40-20(3)44)34(66-38)32(62-24(7)48)28(61-23(6)47)16-56-21(4)45)12-14-67(52,53)58-17-29-33(63-25(8)49)35(64-26(9)50)36(65-29)42-13-11-30(39-19(2)43)41-37(42)51;;/h11,13,27-29,31-36H,10,12,14-18H2,1-9H3,(H,40,44)(H,52,53)(H,54,55)(H,39,41,43,51);;/q;2*+1/p-2/t27-,28+,29+,31+,32+,33+,34+,35+,36+,38-;;/m0../s1. The molecule has 382 valence electrons. The molecule has 28 nitrogen and oxygen atoms in total. The Labute approximate surface area is 424 Å². The van der Waals surface area contributed by atoms with Gasteiger partial charge in [0.15, 0.2) is 30.6 Å². The second kappa shape index (κ2) is 28.3. The van der Waals surface area contributed by atoms with E-state index in [2.05, 4.69) is 15.6 Å². The molecule has 0 spiro atoms. The number of phosphoric ester groups is 1. The summed E-state index contributed by atoms with van der Waals surface area (Å²) in [4.78, 5) is 142. The third kappa shape index (κ3) is 20.3. The number of carbonyl (C=O) groups is 8. The van der Waals surface area contributed by atoms with Gasteiger partial charge in [-0.1, -0.05) is 0 Å². The molecule has 2 aliphatic rings. The van der Waals surface area contributed by atoms with E-state index in [0.29, 0.717) is 0 Å². The Kier molecular flexibility index (Phi) is 25.9. The maximum atomic E-state index is 13.9. The Hall–Kier alpha value is -3.99. The molecule has 0 radical (unpaired) electrons. The van der Waals surface area contributed by atoms with E-state index >= 15 is 0 Å². The van der Waals surface area contributed by atoms with E-state index < -0.39 is 175 Å². The summed E-state index contributed by atoms with van der Waals surface area (Å²) in [7, 11) is -10.5. The van der Waals surface area contributed by atoms with E-state index in [0.717, 1.165) is 66.2 Å². The van der Waals surface area contributed by atoms with Crippen LogP contribution in [-0.2, 0) is 99.0 Å². The smallest absolute Gasteiger partial charge is 0.778 e. The molecule has 0 aliphatic carbocycles. The summed E-state index contributed by atoms with van der Waals surface area (Å²) < 4.78 is 87.4. The Morgan fingerprint density at radius 3 is 1.94 bits per heavy atom. The van der Waals surface area contributed by atoms with Crippen LogP contribution in [0.25, 0.3) is 0 Å². The number of aromatic nitrogens is 2. The van der Waals surface area contributed by atoms with Crippen molar-refractivity contribution in [3.05, 3.63) is 22.7 Å². The second-order valence-electron chi connectivity index (χ2n) is 15.3. The first-order chi connectivity index (χ1) is 31.6. The second-order valence-corrected chi connectivity index (χ2v) is 18.6. The molecule has 70 heavy (non-hydrogen) atoms. The van der Waals surface area contributed by atoms with Crippen LogP contribution in [0, 0.1) is 0 Å². The minimum absolute atomic E-state index is 0. The minimum Gasteiger partial charge on any atom is -0.778 e. The molecule has 0 aromatic carbocycles. The fraction of sp³-hybridized carbons (Fsp3) is 0.684. The van der Waals surface area contributed by atoms with Crippen molar-refractivity contribution < 1.29 is 146 Å². The molecule has 0 saturated carbocycles. The van der Waals surface area contributed by atoms with Crippen molar-refractivity contribution in [2.45, 2.75) is 136 Å². The van der Waals surface area contributed by atoms with Crippen LogP contribution in [0.2, 0.25) is 0 Å². The van der Waals surface area contributed by atoms with Gasteiger partial charge in [-0.05, 0) is 19.4 Å². The van der Waals surface area contributed by atoms with Crippen molar-refractivity contribution in [2.24, 2.45) is 0 Å². The molecule has 0 bridgehead atoms. The summed E-state index contributed by atoms with van der Waals surface area (Å²) in [5, 5.41) is 4.82. The molecule has 3 heterocycles. The summed E-state index contributed by atoms with van der Waals surface area (Å²) >= 11 is 0. The normalized spacial score (nSPS) is 25.3. The largest absolute Gasteiger partial charge is 1.00 e. The molecule has 1 aromatic rings.